The summed E-state index contributed by atoms with van der Waals surface area (Å²) in [4.78, 5) is 4.24. The van der Waals surface area contributed by atoms with Crippen LogP contribution in [0.25, 0.3) is 11.1 Å². The third-order valence-electron chi connectivity index (χ3n) is 3.11. The van der Waals surface area contributed by atoms with Crippen LogP contribution in [0, 0.1) is 12.7 Å². The van der Waals surface area contributed by atoms with Crippen molar-refractivity contribution < 1.29 is 4.39 Å². The van der Waals surface area contributed by atoms with E-state index in [1.54, 1.807) is 19.2 Å². The summed E-state index contributed by atoms with van der Waals surface area (Å²) >= 11 is 6.13. The zero-order chi connectivity index (χ0) is 14.5. The predicted octanol–water partition coefficient (Wildman–Crippen LogP) is 4.35. The molecular weight excluding hydrogens is 275 g/mol. The van der Waals surface area contributed by atoms with Gasteiger partial charge in [-0.1, -0.05) is 18.5 Å². The Bertz CT molecular complexity index is 599. The average molecular weight is 293 g/mol. The van der Waals surface area contributed by atoms with E-state index in [0.29, 0.717) is 10.6 Å². The third kappa shape index (κ3) is 3.56. The van der Waals surface area contributed by atoms with Crippen LogP contribution in [0.3, 0.4) is 0 Å². The molecule has 2 aromatic rings. The molecular formula is C16H18ClFN2. The molecule has 2 nitrogen and oxygen atoms in total. The van der Waals surface area contributed by atoms with Gasteiger partial charge in [-0.2, -0.15) is 0 Å². The van der Waals surface area contributed by atoms with Crippen molar-refractivity contribution in [2.24, 2.45) is 0 Å². The van der Waals surface area contributed by atoms with Crippen LogP contribution in [0.5, 0.6) is 0 Å². The Kier molecular flexibility index (Phi) is 5.10. The number of benzene rings is 1. The zero-order valence-electron chi connectivity index (χ0n) is 11.7. The minimum Gasteiger partial charge on any atom is -0.313 e. The van der Waals surface area contributed by atoms with E-state index >= 15 is 0 Å². The Morgan fingerprint density at radius 2 is 2.05 bits per heavy atom. The maximum atomic E-state index is 13.5. The van der Waals surface area contributed by atoms with Gasteiger partial charge in [0.05, 0.1) is 5.02 Å². The zero-order valence-corrected chi connectivity index (χ0v) is 12.5. The van der Waals surface area contributed by atoms with Crippen LogP contribution >= 0.6 is 11.6 Å². The van der Waals surface area contributed by atoms with Crippen molar-refractivity contribution in [2.75, 3.05) is 6.54 Å². The minimum atomic E-state index is -0.285. The van der Waals surface area contributed by atoms with Crippen LogP contribution < -0.4 is 5.32 Å². The number of hydrogen-bond acceptors (Lipinski definition) is 2. The van der Waals surface area contributed by atoms with E-state index in [1.165, 1.54) is 6.07 Å². The summed E-state index contributed by atoms with van der Waals surface area (Å²) in [6.07, 6.45) is 4.68. The normalized spacial score (nSPS) is 10.8. The second-order valence-corrected chi connectivity index (χ2v) is 5.25. The molecule has 0 fully saturated rings. The predicted molar refractivity (Wildman–Crippen MR) is 81.4 cm³/mol. The summed E-state index contributed by atoms with van der Waals surface area (Å²) < 4.78 is 13.5. The van der Waals surface area contributed by atoms with Crippen LogP contribution in [0.1, 0.15) is 24.5 Å². The molecule has 0 saturated heterocycles. The van der Waals surface area contributed by atoms with Gasteiger partial charge in [-0.3, -0.25) is 4.98 Å². The molecule has 0 aliphatic heterocycles. The Balaban J connectivity index is 2.29. The fourth-order valence-electron chi connectivity index (χ4n) is 2.02. The fourth-order valence-corrected chi connectivity index (χ4v) is 2.28. The first-order valence-electron chi connectivity index (χ1n) is 6.72. The Labute approximate surface area is 124 Å². The van der Waals surface area contributed by atoms with Crippen LogP contribution in [0.4, 0.5) is 4.39 Å². The van der Waals surface area contributed by atoms with Crippen molar-refractivity contribution in [2.45, 2.75) is 26.8 Å². The van der Waals surface area contributed by atoms with E-state index in [2.05, 4.69) is 17.2 Å². The van der Waals surface area contributed by atoms with Gasteiger partial charge in [-0.05, 0) is 49.2 Å². The van der Waals surface area contributed by atoms with Crippen molar-refractivity contribution in [1.29, 1.82) is 0 Å². The summed E-state index contributed by atoms with van der Waals surface area (Å²) in [5.41, 5.74) is 3.40. The number of nitrogens with zero attached hydrogens (tertiary/aromatic N) is 1. The number of aromatic nitrogens is 1. The quantitative estimate of drug-likeness (QED) is 0.829. The van der Waals surface area contributed by atoms with Crippen molar-refractivity contribution in [3.05, 3.63) is 52.6 Å². The molecule has 0 spiro atoms. The molecule has 1 aromatic heterocycles. The van der Waals surface area contributed by atoms with E-state index in [4.69, 9.17) is 11.6 Å². The number of aryl methyl sites for hydroxylation is 1. The number of halogens is 2. The first-order valence-corrected chi connectivity index (χ1v) is 7.10. The molecule has 20 heavy (non-hydrogen) atoms. The molecule has 4 heteroatoms. The van der Waals surface area contributed by atoms with Crippen molar-refractivity contribution >= 4 is 11.6 Å². The first kappa shape index (κ1) is 14.9. The van der Waals surface area contributed by atoms with Gasteiger partial charge in [0.2, 0.25) is 0 Å². The van der Waals surface area contributed by atoms with Gasteiger partial charge in [0, 0.05) is 30.1 Å². The lowest BCUT2D eigenvalue weighted by molar-refractivity contribution is 0.619. The Hall–Kier alpha value is -1.45. The molecule has 2 rings (SSSR count). The highest BCUT2D eigenvalue weighted by Crippen LogP contribution is 2.30. The number of hydrogen-bond donors (Lipinski definition) is 1. The highest BCUT2D eigenvalue weighted by molar-refractivity contribution is 6.33. The number of pyridine rings is 1. The second-order valence-electron chi connectivity index (χ2n) is 4.84. The Morgan fingerprint density at radius 1 is 1.25 bits per heavy atom. The first-order chi connectivity index (χ1) is 9.61. The molecule has 0 aliphatic carbocycles. The molecule has 0 aliphatic rings. The molecule has 106 valence electrons. The molecule has 0 radical (unpaired) electrons. The minimum absolute atomic E-state index is 0.285. The van der Waals surface area contributed by atoms with E-state index < -0.39 is 0 Å². The summed E-state index contributed by atoms with van der Waals surface area (Å²) in [5.74, 6) is -0.285. The average Bonchev–Trinajstić information content (AvgIpc) is 2.43. The number of rotatable bonds is 5. The molecule has 1 N–H and O–H groups in total. The lowest BCUT2D eigenvalue weighted by atomic mass is 10.0. The summed E-state index contributed by atoms with van der Waals surface area (Å²) in [7, 11) is 0. The smallest absolute Gasteiger partial charge is 0.127 e. The molecule has 1 aromatic carbocycles. The molecule has 0 saturated carbocycles. The SMILES string of the molecule is CCCNCc1cncc(-c2cc(C)c(F)cc2Cl)c1. The summed E-state index contributed by atoms with van der Waals surface area (Å²) in [6, 6.07) is 5.15. The highest BCUT2D eigenvalue weighted by Gasteiger charge is 2.09. The van der Waals surface area contributed by atoms with Crippen molar-refractivity contribution in [3.8, 4) is 11.1 Å². The van der Waals surface area contributed by atoms with Gasteiger partial charge in [0.15, 0.2) is 0 Å². The van der Waals surface area contributed by atoms with Crippen molar-refractivity contribution in [1.82, 2.24) is 10.3 Å². The highest BCUT2D eigenvalue weighted by atomic mass is 35.5. The summed E-state index contributed by atoms with van der Waals surface area (Å²) in [6.45, 7) is 5.60. The standard InChI is InChI=1S/C16H18ClFN2/c1-3-4-19-8-12-6-13(10-20-9-12)14-5-11(2)16(18)7-15(14)17/h5-7,9-10,19H,3-4,8H2,1-2H3. The second kappa shape index (κ2) is 6.82. The maximum absolute atomic E-state index is 13.5. The Morgan fingerprint density at radius 3 is 2.80 bits per heavy atom. The van der Waals surface area contributed by atoms with Gasteiger partial charge >= 0.3 is 0 Å². The van der Waals surface area contributed by atoms with E-state index in [1.807, 2.05) is 12.3 Å². The van der Waals surface area contributed by atoms with Crippen molar-refractivity contribution in [3.63, 3.8) is 0 Å². The van der Waals surface area contributed by atoms with E-state index in [0.717, 1.165) is 36.2 Å². The van der Waals surface area contributed by atoms with Crippen LogP contribution in [0.2, 0.25) is 5.02 Å². The summed E-state index contributed by atoms with van der Waals surface area (Å²) in [5, 5.41) is 3.74. The van der Waals surface area contributed by atoms with E-state index in [-0.39, 0.29) is 5.82 Å². The van der Waals surface area contributed by atoms with Crippen LogP contribution in [-0.2, 0) is 6.54 Å². The molecule has 1 heterocycles. The van der Waals surface area contributed by atoms with Gasteiger partial charge < -0.3 is 5.32 Å². The lowest BCUT2D eigenvalue weighted by Gasteiger charge is -2.09. The van der Waals surface area contributed by atoms with Gasteiger partial charge in [0.25, 0.3) is 0 Å². The maximum Gasteiger partial charge on any atom is 0.127 e. The van der Waals surface area contributed by atoms with E-state index in [9.17, 15) is 4.39 Å². The monoisotopic (exact) mass is 292 g/mol. The molecule has 0 amide bonds. The topological polar surface area (TPSA) is 24.9 Å². The molecule has 0 unspecified atom stereocenters. The van der Waals surface area contributed by atoms with Gasteiger partial charge in [0.1, 0.15) is 5.82 Å². The molecule has 0 bridgehead atoms. The lowest BCUT2D eigenvalue weighted by Crippen LogP contribution is -2.13. The fraction of sp³-hybridized carbons (Fsp3) is 0.312. The number of nitrogens with one attached hydrogen (secondary N) is 1. The largest absolute Gasteiger partial charge is 0.313 e. The molecule has 0 atom stereocenters. The third-order valence-corrected chi connectivity index (χ3v) is 3.42. The van der Waals surface area contributed by atoms with Gasteiger partial charge in [-0.25, -0.2) is 4.39 Å². The van der Waals surface area contributed by atoms with Crippen LogP contribution in [-0.4, -0.2) is 11.5 Å². The van der Waals surface area contributed by atoms with Crippen LogP contribution in [0.15, 0.2) is 30.6 Å². The van der Waals surface area contributed by atoms with Gasteiger partial charge in [-0.15, -0.1) is 0 Å².